The molecule has 146 valence electrons. The van der Waals surface area contributed by atoms with Crippen LogP contribution in [0.25, 0.3) is 0 Å². The van der Waals surface area contributed by atoms with E-state index in [1.54, 1.807) is 5.92 Å². The molecule has 3 N–H and O–H groups in total. The normalized spacial score (nSPS) is 12.8. The van der Waals surface area contributed by atoms with Crippen LogP contribution >= 0.6 is 28.6 Å². The maximum absolute atomic E-state index is 12.2. The Balaban J connectivity index is 0. The predicted molar refractivity (Wildman–Crippen MR) is 100 cm³/mol. The van der Waals surface area contributed by atoms with Gasteiger partial charge in [0, 0.05) is 28.6 Å². The molecule has 0 aromatic carbocycles. The molecule has 1 amide bonds. The molecule has 25 heavy (non-hydrogen) atoms. The van der Waals surface area contributed by atoms with E-state index in [0.29, 0.717) is 6.42 Å². The Labute approximate surface area is 161 Å². The fraction of sp³-hybridized carbons (Fsp3) is 0.750. The van der Waals surface area contributed by atoms with Gasteiger partial charge in [-0.25, -0.2) is 4.79 Å². The van der Waals surface area contributed by atoms with Gasteiger partial charge in [0.15, 0.2) is 0 Å². The van der Waals surface area contributed by atoms with E-state index >= 15 is 0 Å². The molecule has 0 aliphatic rings. The van der Waals surface area contributed by atoms with Crippen LogP contribution in [0.5, 0.6) is 0 Å². The number of thiol groups is 1. The van der Waals surface area contributed by atoms with E-state index < -0.39 is 22.9 Å². The number of aliphatic hydroxyl groups excluding tert-OH is 1. The molecule has 2 atom stereocenters. The van der Waals surface area contributed by atoms with Crippen molar-refractivity contribution in [3.63, 3.8) is 0 Å². The fourth-order valence-corrected chi connectivity index (χ4v) is 1.97. The number of rotatable bonds is 9. The van der Waals surface area contributed by atoms with Crippen molar-refractivity contribution in [1.82, 2.24) is 5.32 Å². The number of carboxylic acids is 1. The van der Waals surface area contributed by atoms with Crippen LogP contribution in [0.4, 0.5) is 8.78 Å². The zero-order chi connectivity index (χ0) is 19.9. The summed E-state index contributed by atoms with van der Waals surface area (Å²) in [5.41, 5.74) is 0. The largest absolute Gasteiger partial charge is 0.480 e. The number of aliphatic carboxylic acids is 1. The molecule has 0 bridgehead atoms. The molecule has 0 radical (unpaired) electrons. The van der Waals surface area contributed by atoms with Crippen LogP contribution in [-0.4, -0.2) is 44.8 Å². The van der Waals surface area contributed by atoms with Gasteiger partial charge in [0.2, 0.25) is 5.91 Å². The third-order valence-electron chi connectivity index (χ3n) is 2.82. The second-order valence-corrected chi connectivity index (χ2v) is 6.62. The van der Waals surface area contributed by atoms with E-state index in [1.165, 1.54) is 13.3 Å². The Kier molecular flexibility index (Phi) is 16.3. The van der Waals surface area contributed by atoms with Gasteiger partial charge < -0.3 is 15.5 Å². The molecule has 0 saturated carbocycles. The van der Waals surface area contributed by atoms with Gasteiger partial charge >= 0.3 is 10.8 Å². The van der Waals surface area contributed by atoms with Crippen molar-refractivity contribution in [1.29, 1.82) is 0 Å². The molecule has 0 aromatic rings. The first-order valence-corrected chi connectivity index (χ1v) is 9.34. The highest BCUT2D eigenvalue weighted by Gasteiger charge is 2.19. The molecular formula is C16H26BrF2NO4S. The number of hydrogen-bond acceptors (Lipinski definition) is 4. The van der Waals surface area contributed by atoms with Crippen LogP contribution in [0, 0.1) is 11.8 Å². The first-order chi connectivity index (χ1) is 11.5. The topological polar surface area (TPSA) is 86.6 Å². The number of carboxylic acid groups (broad SMARTS) is 1. The fourth-order valence-electron chi connectivity index (χ4n) is 1.61. The van der Waals surface area contributed by atoms with Gasteiger partial charge in [-0.05, 0) is 18.8 Å². The molecule has 0 heterocycles. The Hall–Kier alpha value is -0.850. The lowest BCUT2D eigenvalue weighted by atomic mass is 10.1. The third-order valence-corrected chi connectivity index (χ3v) is 3.38. The Morgan fingerprint density at radius 1 is 1.28 bits per heavy atom. The zero-order valence-electron chi connectivity index (χ0n) is 14.4. The number of aliphatic hydroxyl groups is 1. The van der Waals surface area contributed by atoms with Gasteiger partial charge in [-0.15, -0.1) is 0 Å². The second-order valence-electron chi connectivity index (χ2n) is 5.26. The van der Waals surface area contributed by atoms with Gasteiger partial charge in [0.05, 0.1) is 0 Å². The zero-order valence-corrected chi connectivity index (χ0v) is 16.9. The molecule has 0 saturated heterocycles. The summed E-state index contributed by atoms with van der Waals surface area (Å²) in [6.07, 6.45) is 4.88. The van der Waals surface area contributed by atoms with Gasteiger partial charge in [-0.1, -0.05) is 38.5 Å². The Bertz CT molecular complexity index is 450. The predicted octanol–water partition coefficient (Wildman–Crippen LogP) is 3.20. The number of unbranched alkanes of at least 4 members (excludes halogenated alkanes) is 4. The molecule has 0 fully saturated rings. The maximum atomic E-state index is 12.2. The van der Waals surface area contributed by atoms with E-state index in [4.69, 9.17) is 5.11 Å². The number of carbonyl (C=O) groups is 2. The lowest BCUT2D eigenvalue weighted by Crippen LogP contribution is -2.40. The third kappa shape index (κ3) is 21.1. The average molecular weight is 446 g/mol. The van der Waals surface area contributed by atoms with Gasteiger partial charge in [0.25, 0.3) is 0 Å². The van der Waals surface area contributed by atoms with E-state index in [-0.39, 0.29) is 11.7 Å². The van der Waals surface area contributed by atoms with E-state index in [1.807, 2.05) is 0 Å². The highest BCUT2D eigenvalue weighted by Crippen LogP contribution is 2.19. The van der Waals surface area contributed by atoms with Crippen LogP contribution in [-0.2, 0) is 9.59 Å². The van der Waals surface area contributed by atoms with Gasteiger partial charge in [-0.3, -0.25) is 4.79 Å². The monoisotopic (exact) mass is 445 g/mol. The molecule has 0 aromatic heterocycles. The molecule has 5 nitrogen and oxygen atoms in total. The average Bonchev–Trinajstić information content (AvgIpc) is 2.50. The quantitative estimate of drug-likeness (QED) is 0.190. The van der Waals surface area contributed by atoms with Gasteiger partial charge in [-0.2, -0.15) is 21.4 Å². The number of amides is 1. The molecule has 9 heteroatoms. The Morgan fingerprint density at radius 3 is 2.20 bits per heavy atom. The van der Waals surface area contributed by atoms with Crippen molar-refractivity contribution in [2.45, 2.75) is 69.4 Å². The molecule has 0 aliphatic carbocycles. The van der Waals surface area contributed by atoms with Crippen LogP contribution in [0.3, 0.4) is 0 Å². The van der Waals surface area contributed by atoms with Crippen molar-refractivity contribution in [2.24, 2.45) is 0 Å². The minimum absolute atomic E-state index is 0.106. The maximum Gasteiger partial charge on any atom is 0.363 e. The molecular weight excluding hydrogens is 420 g/mol. The van der Waals surface area contributed by atoms with Crippen LogP contribution < -0.4 is 5.32 Å². The van der Waals surface area contributed by atoms with Crippen molar-refractivity contribution in [3.05, 3.63) is 0 Å². The SMILES string of the molecule is CC(=O)N[C@@H](CS)C(=O)O.CCCCCCCC(O)C#CC(F)(F)Br. The van der Waals surface area contributed by atoms with Crippen LogP contribution in [0.1, 0.15) is 52.4 Å². The minimum Gasteiger partial charge on any atom is -0.480 e. The Morgan fingerprint density at radius 2 is 1.84 bits per heavy atom. The van der Waals surface area contributed by atoms with Gasteiger partial charge in [0.1, 0.15) is 12.1 Å². The lowest BCUT2D eigenvalue weighted by molar-refractivity contribution is -0.140. The number of carbonyl (C=O) groups excluding carboxylic acids is 1. The van der Waals surface area contributed by atoms with E-state index in [2.05, 4.69) is 46.7 Å². The number of nitrogens with one attached hydrogen (secondary N) is 1. The minimum atomic E-state index is -3.18. The van der Waals surface area contributed by atoms with Crippen molar-refractivity contribution < 1.29 is 28.6 Å². The molecule has 1 unspecified atom stereocenters. The standard InChI is InChI=1S/C11H17BrF2O.C5H9NO3S/c1-2-3-4-5-6-7-10(15)8-9-11(12,13)14;1-3(7)6-4(2-10)5(8)9/h10,15H,2-7H2,1H3;4,10H,2H2,1H3,(H,6,7)(H,8,9)/t;4-/m.0/s1. The van der Waals surface area contributed by atoms with Crippen molar-refractivity contribution in [3.8, 4) is 11.8 Å². The summed E-state index contributed by atoms with van der Waals surface area (Å²) in [5.74, 6) is 2.46. The summed E-state index contributed by atoms with van der Waals surface area (Å²) < 4.78 is 24.4. The first kappa shape index (κ1) is 26.4. The van der Waals surface area contributed by atoms with Crippen molar-refractivity contribution in [2.75, 3.05) is 5.75 Å². The molecule has 0 aliphatic heterocycles. The summed E-state index contributed by atoms with van der Waals surface area (Å²) in [6, 6.07) is -0.874. The first-order valence-electron chi connectivity index (χ1n) is 7.91. The highest BCUT2D eigenvalue weighted by atomic mass is 79.9. The summed E-state index contributed by atoms with van der Waals surface area (Å²) in [7, 11) is 0. The van der Waals surface area contributed by atoms with Crippen LogP contribution in [0.15, 0.2) is 0 Å². The number of halogens is 3. The highest BCUT2D eigenvalue weighted by molar-refractivity contribution is 9.10. The molecule has 0 rings (SSSR count). The lowest BCUT2D eigenvalue weighted by Gasteiger charge is -2.08. The summed E-state index contributed by atoms with van der Waals surface area (Å²) in [4.78, 5) is 17.3. The van der Waals surface area contributed by atoms with Crippen molar-refractivity contribution >= 4 is 40.4 Å². The smallest absolute Gasteiger partial charge is 0.363 e. The number of alkyl halides is 3. The second kappa shape index (κ2) is 15.4. The van der Waals surface area contributed by atoms with E-state index in [0.717, 1.165) is 25.7 Å². The van der Waals surface area contributed by atoms with Crippen LogP contribution in [0.2, 0.25) is 0 Å². The summed E-state index contributed by atoms with van der Waals surface area (Å²) >= 11 is 5.83. The number of hydrogen-bond donors (Lipinski definition) is 4. The summed E-state index contributed by atoms with van der Waals surface area (Å²) in [5, 5.41) is 19.8. The summed E-state index contributed by atoms with van der Waals surface area (Å²) in [6.45, 7) is 3.39. The van der Waals surface area contributed by atoms with E-state index in [9.17, 15) is 23.5 Å². The molecule has 0 spiro atoms.